The maximum Gasteiger partial charge on any atom is 0.409 e. The van der Waals surface area contributed by atoms with Gasteiger partial charge in [0, 0.05) is 30.7 Å². The number of carbonyl (C=O) groups excluding carboxylic acids is 3. The standard InChI is InChI=1S/C17H20BrN3O4/c1-2-25-17(24)20-9-7-19(8-10-20)14-11-15(22)21(16(14)23)13-6-4-3-5-12(13)18/h3-6,14H,2,7-11H2,1H3. The minimum Gasteiger partial charge on any atom is -0.450 e. The molecule has 1 atom stereocenters. The average molecular weight is 410 g/mol. The van der Waals surface area contributed by atoms with Gasteiger partial charge in [-0.25, -0.2) is 9.69 Å². The minimum absolute atomic E-state index is 0.166. The molecule has 0 aliphatic carbocycles. The Kier molecular flexibility index (Phi) is 5.39. The molecule has 0 spiro atoms. The molecule has 0 aromatic heterocycles. The molecule has 1 aromatic carbocycles. The third kappa shape index (κ3) is 3.55. The topological polar surface area (TPSA) is 70.2 Å². The number of hydrogen-bond acceptors (Lipinski definition) is 5. The van der Waals surface area contributed by atoms with Gasteiger partial charge < -0.3 is 9.64 Å². The van der Waals surface area contributed by atoms with Crippen molar-refractivity contribution in [3.05, 3.63) is 28.7 Å². The number of halogens is 1. The van der Waals surface area contributed by atoms with Crippen LogP contribution in [0.5, 0.6) is 0 Å². The van der Waals surface area contributed by atoms with Crippen molar-refractivity contribution >= 4 is 39.5 Å². The zero-order chi connectivity index (χ0) is 18.0. The third-order valence-corrected chi connectivity index (χ3v) is 5.17. The van der Waals surface area contributed by atoms with Gasteiger partial charge in [-0.15, -0.1) is 0 Å². The smallest absolute Gasteiger partial charge is 0.409 e. The monoisotopic (exact) mass is 409 g/mol. The van der Waals surface area contributed by atoms with E-state index in [4.69, 9.17) is 4.74 Å². The van der Waals surface area contributed by atoms with E-state index in [1.54, 1.807) is 30.0 Å². The number of hydrogen-bond donors (Lipinski definition) is 0. The number of imide groups is 1. The normalized spacial score (nSPS) is 21.8. The Morgan fingerprint density at radius 2 is 1.88 bits per heavy atom. The van der Waals surface area contributed by atoms with E-state index in [9.17, 15) is 14.4 Å². The van der Waals surface area contributed by atoms with Gasteiger partial charge in [-0.3, -0.25) is 14.5 Å². The van der Waals surface area contributed by atoms with Crippen LogP contribution < -0.4 is 4.90 Å². The summed E-state index contributed by atoms with van der Waals surface area (Å²) >= 11 is 3.40. The second-order valence-corrected chi connectivity index (χ2v) is 6.81. The second-order valence-electron chi connectivity index (χ2n) is 5.96. The van der Waals surface area contributed by atoms with E-state index in [1.807, 2.05) is 11.0 Å². The first kappa shape index (κ1) is 17.9. The SMILES string of the molecule is CCOC(=O)N1CCN(C2CC(=O)N(c3ccccc3Br)C2=O)CC1. The van der Waals surface area contributed by atoms with Gasteiger partial charge in [-0.05, 0) is 35.0 Å². The predicted octanol–water partition coefficient (Wildman–Crippen LogP) is 1.86. The van der Waals surface area contributed by atoms with Crippen molar-refractivity contribution in [2.24, 2.45) is 0 Å². The lowest BCUT2D eigenvalue weighted by Crippen LogP contribution is -2.54. The van der Waals surface area contributed by atoms with E-state index < -0.39 is 6.04 Å². The molecule has 8 heteroatoms. The lowest BCUT2D eigenvalue weighted by molar-refractivity contribution is -0.123. The Labute approximate surface area is 154 Å². The van der Waals surface area contributed by atoms with Gasteiger partial charge >= 0.3 is 6.09 Å². The summed E-state index contributed by atoms with van der Waals surface area (Å²) in [5, 5.41) is 0. The highest BCUT2D eigenvalue weighted by atomic mass is 79.9. The maximum atomic E-state index is 12.8. The van der Waals surface area contributed by atoms with Crippen LogP contribution in [0.3, 0.4) is 0 Å². The van der Waals surface area contributed by atoms with Crippen LogP contribution in [0.4, 0.5) is 10.5 Å². The Morgan fingerprint density at radius 1 is 1.20 bits per heavy atom. The molecule has 2 saturated heterocycles. The summed E-state index contributed by atoms with van der Waals surface area (Å²) in [5.41, 5.74) is 0.574. The number of para-hydroxylation sites is 1. The first-order chi connectivity index (χ1) is 12.0. The molecular weight excluding hydrogens is 390 g/mol. The quantitative estimate of drug-likeness (QED) is 0.712. The molecule has 2 aliphatic heterocycles. The van der Waals surface area contributed by atoms with E-state index in [2.05, 4.69) is 15.9 Å². The van der Waals surface area contributed by atoms with Crippen molar-refractivity contribution in [2.75, 3.05) is 37.7 Å². The summed E-state index contributed by atoms with van der Waals surface area (Å²) in [5.74, 6) is -0.406. The Hall–Kier alpha value is -1.93. The molecule has 134 valence electrons. The van der Waals surface area contributed by atoms with E-state index >= 15 is 0 Å². The lowest BCUT2D eigenvalue weighted by atomic mass is 10.2. The van der Waals surface area contributed by atoms with Gasteiger partial charge in [-0.2, -0.15) is 0 Å². The highest BCUT2D eigenvalue weighted by Crippen LogP contribution is 2.31. The zero-order valence-corrected chi connectivity index (χ0v) is 15.6. The molecule has 2 fully saturated rings. The van der Waals surface area contributed by atoms with Crippen LogP contribution in [0.2, 0.25) is 0 Å². The second kappa shape index (κ2) is 7.53. The van der Waals surface area contributed by atoms with Gasteiger partial charge in [0.05, 0.1) is 24.8 Å². The van der Waals surface area contributed by atoms with Crippen molar-refractivity contribution in [2.45, 2.75) is 19.4 Å². The molecule has 3 rings (SSSR count). The highest BCUT2D eigenvalue weighted by molar-refractivity contribution is 9.10. The van der Waals surface area contributed by atoms with Crippen LogP contribution in [0.25, 0.3) is 0 Å². The molecule has 25 heavy (non-hydrogen) atoms. The van der Waals surface area contributed by atoms with Crippen molar-refractivity contribution in [3.63, 3.8) is 0 Å². The van der Waals surface area contributed by atoms with Crippen LogP contribution in [-0.4, -0.2) is 66.5 Å². The number of ether oxygens (including phenoxy) is 1. The maximum absolute atomic E-state index is 12.8. The summed E-state index contributed by atoms with van der Waals surface area (Å²) in [6.07, 6.45) is -0.162. The number of nitrogens with zero attached hydrogens (tertiary/aromatic N) is 3. The molecule has 1 aromatic rings. The summed E-state index contributed by atoms with van der Waals surface area (Å²) < 4.78 is 5.71. The summed E-state index contributed by atoms with van der Waals surface area (Å²) in [6.45, 7) is 4.19. The molecule has 1 unspecified atom stereocenters. The van der Waals surface area contributed by atoms with Crippen molar-refractivity contribution in [3.8, 4) is 0 Å². The van der Waals surface area contributed by atoms with Crippen LogP contribution in [0.15, 0.2) is 28.7 Å². The zero-order valence-electron chi connectivity index (χ0n) is 14.0. The molecule has 0 radical (unpaired) electrons. The fourth-order valence-corrected chi connectivity index (χ4v) is 3.68. The average Bonchev–Trinajstić information content (AvgIpc) is 2.90. The molecule has 0 saturated carbocycles. The molecular formula is C17H20BrN3O4. The summed E-state index contributed by atoms with van der Waals surface area (Å²) in [6, 6.07) is 6.72. The van der Waals surface area contributed by atoms with E-state index in [0.29, 0.717) is 42.9 Å². The molecule has 0 bridgehead atoms. The fraction of sp³-hybridized carbons (Fsp3) is 0.471. The van der Waals surface area contributed by atoms with Gasteiger partial charge in [0.2, 0.25) is 5.91 Å². The minimum atomic E-state index is -0.469. The third-order valence-electron chi connectivity index (χ3n) is 4.50. The van der Waals surface area contributed by atoms with Crippen molar-refractivity contribution < 1.29 is 19.1 Å². The van der Waals surface area contributed by atoms with Gasteiger partial charge in [0.25, 0.3) is 5.91 Å². The first-order valence-corrected chi connectivity index (χ1v) is 9.09. The molecule has 3 amide bonds. The molecule has 2 heterocycles. The number of amides is 3. The van der Waals surface area contributed by atoms with Crippen molar-refractivity contribution in [1.82, 2.24) is 9.80 Å². The molecule has 0 N–H and O–H groups in total. The number of anilines is 1. The highest BCUT2D eigenvalue weighted by Gasteiger charge is 2.44. The first-order valence-electron chi connectivity index (χ1n) is 8.30. The van der Waals surface area contributed by atoms with Crippen LogP contribution >= 0.6 is 15.9 Å². The van der Waals surface area contributed by atoms with Gasteiger partial charge in [0.1, 0.15) is 0 Å². The lowest BCUT2D eigenvalue weighted by Gasteiger charge is -2.36. The van der Waals surface area contributed by atoms with E-state index in [0.717, 1.165) is 0 Å². The fourth-order valence-electron chi connectivity index (χ4n) is 3.22. The number of benzene rings is 1. The van der Waals surface area contributed by atoms with Crippen LogP contribution in [0.1, 0.15) is 13.3 Å². The predicted molar refractivity (Wildman–Crippen MR) is 95.2 cm³/mol. The molecule has 7 nitrogen and oxygen atoms in total. The van der Waals surface area contributed by atoms with Gasteiger partial charge in [-0.1, -0.05) is 12.1 Å². The largest absolute Gasteiger partial charge is 0.450 e. The van der Waals surface area contributed by atoms with Gasteiger partial charge in [0.15, 0.2) is 0 Å². The van der Waals surface area contributed by atoms with E-state index in [-0.39, 0.29) is 24.3 Å². The Bertz CT molecular complexity index is 688. The van der Waals surface area contributed by atoms with Crippen LogP contribution in [0, 0.1) is 0 Å². The number of rotatable bonds is 3. The Morgan fingerprint density at radius 3 is 2.52 bits per heavy atom. The summed E-state index contributed by atoms with van der Waals surface area (Å²) in [7, 11) is 0. The summed E-state index contributed by atoms with van der Waals surface area (Å²) in [4.78, 5) is 41.9. The number of piperazine rings is 1. The van der Waals surface area contributed by atoms with E-state index in [1.165, 1.54) is 4.90 Å². The Balaban J connectivity index is 1.67. The molecule has 2 aliphatic rings. The number of carbonyl (C=O) groups is 3. The van der Waals surface area contributed by atoms with Crippen molar-refractivity contribution in [1.29, 1.82) is 0 Å². The van der Waals surface area contributed by atoms with Crippen LogP contribution in [-0.2, 0) is 14.3 Å².